The molecule has 10 heteroatoms. The van der Waals surface area contributed by atoms with E-state index >= 15 is 0 Å². The zero-order valence-corrected chi connectivity index (χ0v) is 22.1. The van der Waals surface area contributed by atoms with Crippen LogP contribution in [0.15, 0.2) is 65.3 Å². The van der Waals surface area contributed by atoms with Crippen LogP contribution in [0, 0.1) is 24.2 Å². The van der Waals surface area contributed by atoms with Gasteiger partial charge in [0.05, 0.1) is 15.6 Å². The zero-order chi connectivity index (χ0) is 26.8. The summed E-state index contributed by atoms with van der Waals surface area (Å²) in [7, 11) is 0. The molecule has 2 aromatic carbocycles. The molecule has 1 fully saturated rings. The molecule has 0 aliphatic carbocycles. The van der Waals surface area contributed by atoms with Crippen LogP contribution in [0.3, 0.4) is 0 Å². The average molecular weight is 548 g/mol. The molecular weight excluding hydrogens is 525 g/mol. The van der Waals surface area contributed by atoms with E-state index in [9.17, 15) is 4.79 Å². The van der Waals surface area contributed by atoms with Crippen LogP contribution in [0.2, 0.25) is 10.0 Å². The minimum Gasteiger partial charge on any atom is -0.474 e. The van der Waals surface area contributed by atoms with Gasteiger partial charge in [-0.2, -0.15) is 10.2 Å². The fourth-order valence-electron chi connectivity index (χ4n) is 4.71. The number of amides is 1. The molecule has 3 atom stereocenters. The molecule has 1 aliphatic heterocycles. The second-order valence-electron chi connectivity index (χ2n) is 9.20. The third kappa shape index (κ3) is 5.35. The number of benzene rings is 2. The molecule has 2 aromatic heterocycles. The van der Waals surface area contributed by atoms with Gasteiger partial charge in [-0.25, -0.2) is 4.98 Å². The molecule has 1 saturated heterocycles. The van der Waals surface area contributed by atoms with E-state index in [1.807, 2.05) is 24.0 Å². The third-order valence-corrected chi connectivity index (χ3v) is 7.44. The van der Waals surface area contributed by atoms with Crippen molar-refractivity contribution >= 4 is 29.1 Å². The van der Waals surface area contributed by atoms with Crippen LogP contribution in [0.4, 0.5) is 0 Å². The van der Waals surface area contributed by atoms with Crippen molar-refractivity contribution in [2.75, 3.05) is 13.1 Å². The second-order valence-corrected chi connectivity index (χ2v) is 10.0. The third-order valence-electron chi connectivity index (χ3n) is 6.71. The van der Waals surface area contributed by atoms with Gasteiger partial charge in [0, 0.05) is 48.3 Å². The lowest BCUT2D eigenvalue weighted by Gasteiger charge is -2.25. The van der Waals surface area contributed by atoms with Crippen LogP contribution in [-0.4, -0.2) is 45.1 Å². The highest BCUT2D eigenvalue weighted by Gasteiger charge is 2.40. The lowest BCUT2D eigenvalue weighted by atomic mass is 9.86. The summed E-state index contributed by atoms with van der Waals surface area (Å²) in [4.78, 5) is 23.8. The first-order valence-electron chi connectivity index (χ1n) is 12.0. The van der Waals surface area contributed by atoms with Crippen molar-refractivity contribution in [2.24, 2.45) is 5.92 Å². The number of pyridine rings is 1. The first-order valence-corrected chi connectivity index (χ1v) is 12.8. The number of ether oxygens (including phenoxy) is 1. The van der Waals surface area contributed by atoms with Crippen molar-refractivity contribution in [3.8, 4) is 23.4 Å². The maximum atomic E-state index is 13.5. The number of likely N-dealkylation sites (tertiary alicyclic amines) is 1. The summed E-state index contributed by atoms with van der Waals surface area (Å²) in [6.45, 7) is 4.68. The summed E-state index contributed by atoms with van der Waals surface area (Å²) >= 11 is 12.5. The Kier molecular flexibility index (Phi) is 7.32. The number of hydrogen-bond acceptors (Lipinski definition) is 7. The molecule has 0 spiro atoms. The number of rotatable bonds is 6. The van der Waals surface area contributed by atoms with E-state index in [1.54, 1.807) is 49.4 Å². The SMILES string of the molecule is Cc1noc(-c2ccc(C(=O)N3CC(c4ccc(Cl)c(Cl)c4)C(C(C)Oc4ccc(C#N)cn4)C3)cc2)n1. The predicted molar refractivity (Wildman–Crippen MR) is 142 cm³/mol. The van der Waals surface area contributed by atoms with Crippen molar-refractivity contribution in [3.63, 3.8) is 0 Å². The lowest BCUT2D eigenvalue weighted by Crippen LogP contribution is -2.32. The fraction of sp³-hybridized carbons (Fsp3) is 0.250. The average Bonchev–Trinajstić information content (AvgIpc) is 3.57. The summed E-state index contributed by atoms with van der Waals surface area (Å²) in [5, 5.41) is 13.8. The van der Waals surface area contributed by atoms with E-state index in [2.05, 4.69) is 21.2 Å². The Morgan fingerprint density at radius 1 is 1.13 bits per heavy atom. The van der Waals surface area contributed by atoms with Crippen molar-refractivity contribution in [1.29, 1.82) is 5.26 Å². The maximum absolute atomic E-state index is 13.5. The number of halogens is 2. The number of nitrogens with zero attached hydrogens (tertiary/aromatic N) is 5. The zero-order valence-electron chi connectivity index (χ0n) is 20.6. The minimum absolute atomic E-state index is 0.0391. The van der Waals surface area contributed by atoms with Gasteiger partial charge in [-0.3, -0.25) is 4.79 Å². The molecule has 192 valence electrons. The van der Waals surface area contributed by atoms with Crippen LogP contribution < -0.4 is 4.74 Å². The molecule has 38 heavy (non-hydrogen) atoms. The Labute approximate surface area is 229 Å². The highest BCUT2D eigenvalue weighted by atomic mass is 35.5. The minimum atomic E-state index is -0.282. The Morgan fingerprint density at radius 3 is 2.55 bits per heavy atom. The summed E-state index contributed by atoms with van der Waals surface area (Å²) in [6, 6.07) is 18.1. The lowest BCUT2D eigenvalue weighted by molar-refractivity contribution is 0.0769. The largest absolute Gasteiger partial charge is 0.474 e. The molecule has 5 rings (SSSR count). The summed E-state index contributed by atoms with van der Waals surface area (Å²) < 4.78 is 11.4. The highest BCUT2D eigenvalue weighted by Crippen LogP contribution is 2.39. The van der Waals surface area contributed by atoms with Gasteiger partial charge < -0.3 is 14.2 Å². The molecule has 0 radical (unpaired) electrons. The van der Waals surface area contributed by atoms with Gasteiger partial charge in [0.2, 0.25) is 5.88 Å². The van der Waals surface area contributed by atoms with E-state index in [1.165, 1.54) is 6.20 Å². The topological polar surface area (TPSA) is 105 Å². The molecule has 1 amide bonds. The van der Waals surface area contributed by atoms with Gasteiger partial charge >= 0.3 is 0 Å². The molecule has 0 bridgehead atoms. The monoisotopic (exact) mass is 547 g/mol. The smallest absolute Gasteiger partial charge is 0.257 e. The van der Waals surface area contributed by atoms with E-state index < -0.39 is 0 Å². The van der Waals surface area contributed by atoms with Gasteiger partial charge in [-0.05, 0) is 61.9 Å². The Balaban J connectivity index is 1.38. The number of carbonyl (C=O) groups is 1. The van der Waals surface area contributed by atoms with Crippen molar-refractivity contribution < 1.29 is 14.1 Å². The summed E-state index contributed by atoms with van der Waals surface area (Å²) in [5.74, 6) is 1.20. The van der Waals surface area contributed by atoms with Crippen LogP contribution in [-0.2, 0) is 0 Å². The molecule has 1 aliphatic rings. The van der Waals surface area contributed by atoms with Gasteiger partial charge in [0.1, 0.15) is 12.2 Å². The van der Waals surface area contributed by atoms with Crippen LogP contribution in [0.1, 0.15) is 40.2 Å². The Hall–Kier alpha value is -3.93. The fourth-order valence-corrected chi connectivity index (χ4v) is 5.02. The van der Waals surface area contributed by atoms with Gasteiger partial charge in [0.25, 0.3) is 11.8 Å². The number of aryl methyl sites for hydroxylation is 1. The number of aromatic nitrogens is 3. The van der Waals surface area contributed by atoms with Crippen molar-refractivity contribution in [2.45, 2.75) is 25.9 Å². The molecule has 8 nitrogen and oxygen atoms in total. The molecule has 0 saturated carbocycles. The van der Waals surface area contributed by atoms with Crippen molar-refractivity contribution in [3.05, 3.63) is 93.4 Å². The standard InChI is InChI=1S/C28H23Cl2N5O3/c1-16(37-26-10-3-18(12-31)13-32-26)22-14-35(15-23(22)21-8-9-24(29)25(30)11-21)28(36)20-6-4-19(5-7-20)27-33-17(2)34-38-27/h3-11,13,16,22-23H,14-15H2,1-2H3. The van der Waals surface area contributed by atoms with E-state index in [4.69, 9.17) is 37.7 Å². The van der Waals surface area contributed by atoms with Crippen LogP contribution in [0.25, 0.3) is 11.5 Å². The molecule has 3 heterocycles. The first kappa shape index (κ1) is 25.7. The number of hydrogen-bond donors (Lipinski definition) is 0. The van der Waals surface area contributed by atoms with Crippen LogP contribution >= 0.6 is 23.2 Å². The Morgan fingerprint density at radius 2 is 1.92 bits per heavy atom. The summed E-state index contributed by atoms with van der Waals surface area (Å²) in [5.41, 5.74) is 2.73. The maximum Gasteiger partial charge on any atom is 0.257 e. The predicted octanol–water partition coefficient (Wildman–Crippen LogP) is 5.94. The highest BCUT2D eigenvalue weighted by molar-refractivity contribution is 6.42. The molecular formula is C28H23Cl2N5O3. The normalized spacial score (nSPS) is 17.7. The quantitative estimate of drug-likeness (QED) is 0.294. The van der Waals surface area contributed by atoms with Crippen molar-refractivity contribution in [1.82, 2.24) is 20.0 Å². The summed E-state index contributed by atoms with van der Waals surface area (Å²) in [6.07, 6.45) is 1.19. The van der Waals surface area contributed by atoms with Gasteiger partial charge in [0.15, 0.2) is 5.82 Å². The van der Waals surface area contributed by atoms with Crippen LogP contribution in [0.5, 0.6) is 5.88 Å². The second kappa shape index (κ2) is 10.8. The molecule has 3 unspecified atom stereocenters. The Bertz CT molecular complexity index is 1500. The van der Waals surface area contributed by atoms with E-state index in [0.29, 0.717) is 51.9 Å². The molecule has 0 N–H and O–H groups in total. The molecule has 4 aromatic rings. The van der Waals surface area contributed by atoms with Gasteiger partial charge in [-0.1, -0.05) is 34.4 Å². The van der Waals surface area contributed by atoms with E-state index in [0.717, 1.165) is 11.1 Å². The van der Waals surface area contributed by atoms with E-state index in [-0.39, 0.29) is 23.8 Å². The van der Waals surface area contributed by atoms with Gasteiger partial charge in [-0.15, -0.1) is 0 Å². The number of nitriles is 1. The number of carbonyl (C=O) groups excluding carboxylic acids is 1. The first-order chi connectivity index (χ1) is 18.3.